The highest BCUT2D eigenvalue weighted by molar-refractivity contribution is 5.87. The van der Waals surface area contributed by atoms with E-state index in [-0.39, 0.29) is 0 Å². The molecule has 0 radical (unpaired) electrons. The standard InChI is InChI=1S/C37H57N.2C2H6/c1-11-14-15-18-30(8)38(10)37-22-21-33(25-32-19-16-20-32)26-36(37)31(9)28(6)24-34(17-12-2)35(13-3)29(7)23-27(4)5;2*1-2/h12,17,21-22,24,26-27,30,32H,6,9,11,13-16,18-20,23,25H2,1-5,7-8,10H3;2*1-2H3/b17-12-,34-24-,35-29+;;. The molecule has 238 valence electrons. The van der Waals surface area contributed by atoms with E-state index in [2.05, 4.69) is 110 Å². The minimum atomic E-state index is 0.487. The molecule has 1 aliphatic carbocycles. The van der Waals surface area contributed by atoms with E-state index in [1.165, 1.54) is 84.9 Å². The molecule has 42 heavy (non-hydrogen) atoms. The van der Waals surface area contributed by atoms with Gasteiger partial charge in [0.1, 0.15) is 0 Å². The highest BCUT2D eigenvalue weighted by atomic mass is 15.1. The summed E-state index contributed by atoms with van der Waals surface area (Å²) in [6.07, 6.45) is 19.2. The fourth-order valence-corrected chi connectivity index (χ4v) is 5.76. The Morgan fingerprint density at radius 1 is 1.02 bits per heavy atom. The average molecular weight is 576 g/mol. The lowest BCUT2D eigenvalue weighted by Gasteiger charge is -2.31. The molecule has 1 aliphatic rings. The zero-order chi connectivity index (χ0) is 32.2. The third-order valence-electron chi connectivity index (χ3n) is 8.40. The predicted octanol–water partition coefficient (Wildman–Crippen LogP) is 13.3. The van der Waals surface area contributed by atoms with Crippen LogP contribution in [-0.4, -0.2) is 13.1 Å². The first-order valence-electron chi connectivity index (χ1n) is 17.4. The van der Waals surface area contributed by atoms with E-state index in [0.717, 1.165) is 29.9 Å². The first kappa shape index (κ1) is 39.7. The van der Waals surface area contributed by atoms with Gasteiger partial charge in [-0.25, -0.2) is 0 Å². The molecule has 1 saturated carbocycles. The Hall–Kier alpha value is -2.28. The van der Waals surface area contributed by atoms with E-state index in [0.29, 0.717) is 12.0 Å². The van der Waals surface area contributed by atoms with Crippen LogP contribution in [0.1, 0.15) is 145 Å². The van der Waals surface area contributed by atoms with E-state index in [4.69, 9.17) is 0 Å². The van der Waals surface area contributed by atoms with Crippen molar-refractivity contribution >= 4 is 11.3 Å². The van der Waals surface area contributed by atoms with Gasteiger partial charge in [0.25, 0.3) is 0 Å². The second-order valence-corrected chi connectivity index (χ2v) is 12.1. The number of allylic oxidation sites excluding steroid dienone is 8. The van der Waals surface area contributed by atoms with Crippen LogP contribution >= 0.6 is 0 Å². The van der Waals surface area contributed by atoms with Gasteiger partial charge in [-0.15, -0.1) is 0 Å². The maximum Gasteiger partial charge on any atom is 0.0445 e. The van der Waals surface area contributed by atoms with Gasteiger partial charge in [-0.05, 0) is 104 Å². The normalized spacial score (nSPS) is 14.7. The number of hydrogen-bond acceptors (Lipinski definition) is 1. The Morgan fingerprint density at radius 2 is 1.67 bits per heavy atom. The van der Waals surface area contributed by atoms with Crippen molar-refractivity contribution < 1.29 is 0 Å². The van der Waals surface area contributed by atoms with Crippen LogP contribution in [0.4, 0.5) is 5.69 Å². The average Bonchev–Trinajstić information content (AvgIpc) is 2.96. The molecule has 1 aromatic carbocycles. The molecule has 0 amide bonds. The van der Waals surface area contributed by atoms with Crippen molar-refractivity contribution in [1.29, 1.82) is 0 Å². The number of rotatable bonds is 16. The molecule has 0 aromatic heterocycles. The molecule has 0 aliphatic heterocycles. The van der Waals surface area contributed by atoms with Crippen molar-refractivity contribution in [1.82, 2.24) is 0 Å². The molecule has 0 spiro atoms. The second kappa shape index (κ2) is 22.3. The number of anilines is 1. The Morgan fingerprint density at radius 3 is 2.17 bits per heavy atom. The summed E-state index contributed by atoms with van der Waals surface area (Å²) in [4.78, 5) is 2.47. The largest absolute Gasteiger partial charge is 0.371 e. The summed E-state index contributed by atoms with van der Waals surface area (Å²) in [6, 6.07) is 7.61. The summed E-state index contributed by atoms with van der Waals surface area (Å²) in [5, 5.41) is 0. The number of benzene rings is 1. The van der Waals surface area contributed by atoms with Crippen molar-refractivity contribution in [2.24, 2.45) is 11.8 Å². The van der Waals surface area contributed by atoms with Crippen LogP contribution in [0, 0.1) is 11.8 Å². The molecule has 1 atom stereocenters. The predicted molar refractivity (Wildman–Crippen MR) is 196 cm³/mol. The minimum Gasteiger partial charge on any atom is -0.371 e. The Balaban J connectivity index is 0.00000402. The topological polar surface area (TPSA) is 3.24 Å². The summed E-state index contributed by atoms with van der Waals surface area (Å²) in [5.74, 6) is 1.50. The molecular formula is C41H69N. The minimum absolute atomic E-state index is 0.487. The third-order valence-corrected chi connectivity index (χ3v) is 8.40. The molecule has 0 bridgehead atoms. The van der Waals surface area contributed by atoms with E-state index in [1.807, 2.05) is 27.7 Å². The lowest BCUT2D eigenvalue weighted by molar-refractivity contribution is 0.314. The first-order chi connectivity index (χ1) is 20.1. The maximum atomic E-state index is 4.64. The Kier molecular flexibility index (Phi) is 21.1. The molecule has 1 aromatic rings. The van der Waals surface area contributed by atoms with Gasteiger partial charge in [-0.2, -0.15) is 0 Å². The molecule has 1 heteroatoms. The van der Waals surface area contributed by atoms with Crippen LogP contribution in [0.25, 0.3) is 5.57 Å². The summed E-state index contributed by atoms with van der Waals surface area (Å²) in [6.45, 7) is 33.1. The Bertz CT molecular complexity index is 1010. The van der Waals surface area contributed by atoms with Crippen LogP contribution in [0.5, 0.6) is 0 Å². The lowest BCUT2D eigenvalue weighted by atomic mass is 9.80. The van der Waals surface area contributed by atoms with Gasteiger partial charge in [0.05, 0.1) is 0 Å². The molecule has 1 fully saturated rings. The zero-order valence-electron chi connectivity index (χ0n) is 30.1. The highest BCUT2D eigenvalue weighted by Gasteiger charge is 2.21. The van der Waals surface area contributed by atoms with Crippen LogP contribution in [0.2, 0.25) is 0 Å². The Labute approximate surface area is 264 Å². The summed E-state index contributed by atoms with van der Waals surface area (Å²) in [7, 11) is 2.26. The van der Waals surface area contributed by atoms with Gasteiger partial charge < -0.3 is 4.90 Å². The van der Waals surface area contributed by atoms with Gasteiger partial charge in [0.2, 0.25) is 0 Å². The summed E-state index contributed by atoms with van der Waals surface area (Å²) >= 11 is 0. The quantitative estimate of drug-likeness (QED) is 0.140. The van der Waals surface area contributed by atoms with Crippen LogP contribution < -0.4 is 4.90 Å². The molecular weight excluding hydrogens is 506 g/mol. The van der Waals surface area contributed by atoms with Crippen molar-refractivity contribution in [2.45, 2.75) is 146 Å². The molecule has 0 heterocycles. The summed E-state index contributed by atoms with van der Waals surface area (Å²) < 4.78 is 0. The highest BCUT2D eigenvalue weighted by Crippen LogP contribution is 2.36. The molecule has 0 N–H and O–H groups in total. The molecule has 0 saturated heterocycles. The second-order valence-electron chi connectivity index (χ2n) is 12.1. The van der Waals surface area contributed by atoms with Gasteiger partial charge in [0.15, 0.2) is 0 Å². The van der Waals surface area contributed by atoms with Crippen LogP contribution in [0.3, 0.4) is 0 Å². The van der Waals surface area contributed by atoms with Crippen LogP contribution in [-0.2, 0) is 6.42 Å². The fraction of sp³-hybridized carbons (Fsp3) is 0.610. The first-order valence-corrected chi connectivity index (χ1v) is 17.4. The van der Waals surface area contributed by atoms with Gasteiger partial charge in [0, 0.05) is 24.3 Å². The van der Waals surface area contributed by atoms with Gasteiger partial charge in [-0.3, -0.25) is 0 Å². The number of hydrogen-bond donors (Lipinski definition) is 0. The van der Waals surface area contributed by atoms with Gasteiger partial charge in [-0.1, -0.05) is 131 Å². The van der Waals surface area contributed by atoms with Crippen LogP contribution in [0.15, 0.2) is 71.9 Å². The molecule has 1 unspecified atom stereocenters. The van der Waals surface area contributed by atoms with Crippen molar-refractivity contribution in [3.8, 4) is 0 Å². The smallest absolute Gasteiger partial charge is 0.0445 e. The molecule has 2 rings (SSSR count). The maximum absolute atomic E-state index is 4.64. The zero-order valence-corrected chi connectivity index (χ0v) is 30.1. The van der Waals surface area contributed by atoms with E-state index in [1.54, 1.807) is 0 Å². The van der Waals surface area contributed by atoms with Crippen molar-refractivity contribution in [3.05, 3.63) is 83.0 Å². The number of nitrogens with zero attached hydrogens (tertiary/aromatic N) is 1. The fourth-order valence-electron chi connectivity index (χ4n) is 5.76. The van der Waals surface area contributed by atoms with Gasteiger partial charge >= 0.3 is 0 Å². The van der Waals surface area contributed by atoms with E-state index in [9.17, 15) is 0 Å². The number of unbranched alkanes of at least 4 members (excludes halogenated alkanes) is 2. The monoisotopic (exact) mass is 576 g/mol. The third kappa shape index (κ3) is 12.9. The van der Waals surface area contributed by atoms with E-state index < -0.39 is 0 Å². The van der Waals surface area contributed by atoms with Crippen molar-refractivity contribution in [3.63, 3.8) is 0 Å². The summed E-state index contributed by atoms with van der Waals surface area (Å²) in [5.41, 5.74) is 10.2. The van der Waals surface area contributed by atoms with Crippen molar-refractivity contribution in [2.75, 3.05) is 11.9 Å². The SMILES string of the molecule is C=C(/C=C(/C=C\C)C(\CC)=C(/C)CC(C)C)C(=C)c1cc(CC2CCC2)ccc1N(C)C(C)CCCCC.CC.CC. The lowest BCUT2D eigenvalue weighted by Crippen LogP contribution is -2.29. The molecule has 1 nitrogen and oxygen atoms in total. The van der Waals surface area contributed by atoms with E-state index >= 15 is 0 Å².